The molecule has 33 heavy (non-hydrogen) atoms. The second-order valence-corrected chi connectivity index (χ2v) is 9.97. The molecule has 168 valence electrons. The van der Waals surface area contributed by atoms with Gasteiger partial charge in [-0.2, -0.15) is 5.10 Å². The van der Waals surface area contributed by atoms with Crippen molar-refractivity contribution < 1.29 is 9.59 Å². The van der Waals surface area contributed by atoms with Gasteiger partial charge in [-0.05, 0) is 54.2 Å². The van der Waals surface area contributed by atoms with Crippen molar-refractivity contribution in [2.24, 2.45) is 5.41 Å². The number of amides is 1. The van der Waals surface area contributed by atoms with Crippen LogP contribution in [0.3, 0.4) is 0 Å². The average molecular weight is 461 g/mol. The van der Waals surface area contributed by atoms with E-state index in [1.807, 2.05) is 31.2 Å². The topological polar surface area (TPSA) is 76.0 Å². The molecule has 0 saturated heterocycles. The number of nitrogens with one attached hydrogen (secondary N) is 2. The van der Waals surface area contributed by atoms with Gasteiger partial charge in [0, 0.05) is 28.4 Å². The number of nitrogens with zero attached hydrogens (tertiary/aromatic N) is 2. The molecule has 0 spiro atoms. The molecule has 1 atom stereocenters. The highest BCUT2D eigenvalue weighted by Crippen LogP contribution is 2.46. The number of aryl methyl sites for hydroxylation is 1. The molecule has 7 heteroatoms. The van der Waals surface area contributed by atoms with Gasteiger partial charge in [-0.15, -0.1) is 0 Å². The van der Waals surface area contributed by atoms with Crippen LogP contribution in [-0.4, -0.2) is 21.5 Å². The molecule has 5 rings (SSSR count). The van der Waals surface area contributed by atoms with Gasteiger partial charge < -0.3 is 10.6 Å². The van der Waals surface area contributed by atoms with Crippen LogP contribution in [0.25, 0.3) is 0 Å². The lowest BCUT2D eigenvalue weighted by Gasteiger charge is -2.39. The number of fused-ring (bicyclic) bond motifs is 1. The maximum Gasteiger partial charge on any atom is 0.261 e. The summed E-state index contributed by atoms with van der Waals surface area (Å²) in [6.07, 6.45) is 2.77. The quantitative estimate of drug-likeness (QED) is 0.521. The first-order chi connectivity index (χ1) is 15.7. The molecule has 0 saturated carbocycles. The molecule has 0 radical (unpaired) electrons. The van der Waals surface area contributed by atoms with Gasteiger partial charge in [0.25, 0.3) is 5.91 Å². The third-order valence-corrected chi connectivity index (χ3v) is 6.58. The third kappa shape index (κ3) is 3.85. The Kier molecular flexibility index (Phi) is 5.13. The first-order valence-corrected chi connectivity index (χ1v) is 11.3. The van der Waals surface area contributed by atoms with Crippen molar-refractivity contribution in [3.8, 4) is 0 Å². The summed E-state index contributed by atoms with van der Waals surface area (Å²) in [7, 11) is 0. The fourth-order valence-electron chi connectivity index (χ4n) is 4.79. The highest BCUT2D eigenvalue weighted by Gasteiger charge is 2.42. The second-order valence-electron chi connectivity index (χ2n) is 9.53. The second kappa shape index (κ2) is 7.89. The Balaban J connectivity index is 1.60. The number of anilines is 2. The number of hydrogen-bond donors (Lipinski definition) is 2. The van der Waals surface area contributed by atoms with Crippen molar-refractivity contribution in [1.29, 1.82) is 0 Å². The van der Waals surface area contributed by atoms with Crippen molar-refractivity contribution in [2.75, 3.05) is 10.6 Å². The summed E-state index contributed by atoms with van der Waals surface area (Å²) in [6.45, 7) is 6.23. The zero-order valence-electron chi connectivity index (χ0n) is 18.8. The number of benzene rings is 2. The van der Waals surface area contributed by atoms with Crippen molar-refractivity contribution in [3.05, 3.63) is 87.7 Å². The number of hydrogen-bond acceptors (Lipinski definition) is 4. The lowest BCUT2D eigenvalue weighted by Crippen LogP contribution is -2.37. The molecule has 6 nitrogen and oxygen atoms in total. The van der Waals surface area contributed by atoms with E-state index < -0.39 is 0 Å². The molecule has 2 aliphatic rings. The molecule has 1 unspecified atom stereocenters. The van der Waals surface area contributed by atoms with E-state index in [1.54, 1.807) is 35.1 Å². The van der Waals surface area contributed by atoms with E-state index >= 15 is 0 Å². The third-order valence-electron chi connectivity index (χ3n) is 6.33. The van der Waals surface area contributed by atoms with Gasteiger partial charge in [0.05, 0.1) is 6.20 Å². The predicted octanol–water partition coefficient (Wildman–Crippen LogP) is 5.76. The summed E-state index contributed by atoms with van der Waals surface area (Å²) in [6, 6.07) is 14.6. The molecule has 0 fully saturated rings. The Morgan fingerprint density at radius 2 is 1.88 bits per heavy atom. The monoisotopic (exact) mass is 460 g/mol. The zero-order chi connectivity index (χ0) is 23.3. The molecule has 1 amide bonds. The van der Waals surface area contributed by atoms with Gasteiger partial charge in [-0.1, -0.05) is 49.7 Å². The van der Waals surface area contributed by atoms with E-state index in [2.05, 4.69) is 29.6 Å². The van der Waals surface area contributed by atoms with Crippen LogP contribution in [0.5, 0.6) is 0 Å². The van der Waals surface area contributed by atoms with E-state index in [9.17, 15) is 9.59 Å². The Morgan fingerprint density at radius 1 is 1.15 bits per heavy atom. The van der Waals surface area contributed by atoms with Crippen LogP contribution in [0.4, 0.5) is 11.5 Å². The summed E-state index contributed by atoms with van der Waals surface area (Å²) in [5, 5.41) is 11.5. The van der Waals surface area contributed by atoms with Crippen LogP contribution >= 0.6 is 11.6 Å². The van der Waals surface area contributed by atoms with Gasteiger partial charge in [0.15, 0.2) is 5.78 Å². The standard InChI is InChI=1S/C26H25ClN4O2/c1-15-6-4-5-7-18(15)23-22-20(12-26(2,3)13-21(22)32)30-24-19(14-28-31(23)24)25(33)29-17-10-8-16(27)9-11-17/h4-11,14,23,30H,12-13H2,1-3H3,(H,29,33). The highest BCUT2D eigenvalue weighted by molar-refractivity contribution is 6.30. The summed E-state index contributed by atoms with van der Waals surface area (Å²) >= 11 is 5.96. The zero-order valence-corrected chi connectivity index (χ0v) is 19.5. The molecule has 1 aliphatic carbocycles. The van der Waals surface area contributed by atoms with E-state index in [0.717, 1.165) is 28.8 Å². The minimum atomic E-state index is -0.377. The van der Waals surface area contributed by atoms with Gasteiger partial charge in [0.2, 0.25) is 0 Å². The highest BCUT2D eigenvalue weighted by atomic mass is 35.5. The molecule has 0 bridgehead atoms. The largest absolute Gasteiger partial charge is 0.343 e. The number of carbonyl (C=O) groups is 2. The molecule has 3 aromatic rings. The van der Waals surface area contributed by atoms with Crippen LogP contribution in [0.15, 0.2) is 66.0 Å². The molecule has 2 aromatic carbocycles. The Morgan fingerprint density at radius 3 is 2.61 bits per heavy atom. The first kappa shape index (κ1) is 21.5. The number of ketones is 1. The maximum atomic E-state index is 13.3. The average Bonchev–Trinajstić information content (AvgIpc) is 3.17. The SMILES string of the molecule is Cc1ccccc1C1C2=C(CC(C)(C)CC2=O)Nc2c(C(=O)Nc3ccc(Cl)cc3)cnn21. The fraction of sp³-hybridized carbons (Fsp3) is 0.269. The van der Waals surface area contributed by atoms with Crippen LogP contribution < -0.4 is 10.6 Å². The summed E-state index contributed by atoms with van der Waals surface area (Å²) < 4.78 is 1.77. The van der Waals surface area contributed by atoms with Crippen molar-refractivity contribution in [1.82, 2.24) is 9.78 Å². The molecule has 1 aromatic heterocycles. The van der Waals surface area contributed by atoms with Gasteiger partial charge >= 0.3 is 0 Å². The maximum absolute atomic E-state index is 13.3. The predicted molar refractivity (Wildman–Crippen MR) is 130 cm³/mol. The molecular weight excluding hydrogens is 436 g/mol. The Hall–Kier alpha value is -3.38. The number of aromatic nitrogens is 2. The Labute approximate surface area is 197 Å². The van der Waals surface area contributed by atoms with Crippen molar-refractivity contribution in [3.63, 3.8) is 0 Å². The van der Waals surface area contributed by atoms with Crippen LogP contribution in [0.1, 0.15) is 54.2 Å². The Bertz CT molecular complexity index is 1300. The molecule has 2 N–H and O–H groups in total. The van der Waals surface area contributed by atoms with Crippen LogP contribution in [0.2, 0.25) is 5.02 Å². The lowest BCUT2D eigenvalue weighted by atomic mass is 9.72. The number of Topliss-reactive ketones (excluding diaryl/α,β-unsaturated/α-hetero) is 1. The van der Waals surface area contributed by atoms with Crippen molar-refractivity contribution >= 4 is 34.8 Å². The minimum absolute atomic E-state index is 0.121. The van der Waals surface area contributed by atoms with Crippen LogP contribution in [0, 0.1) is 12.3 Å². The van der Waals surface area contributed by atoms with Gasteiger partial charge in [-0.3, -0.25) is 9.59 Å². The first-order valence-electron chi connectivity index (χ1n) is 11.0. The molecular formula is C26H25ClN4O2. The lowest BCUT2D eigenvalue weighted by molar-refractivity contribution is -0.118. The fourth-order valence-corrected chi connectivity index (χ4v) is 4.92. The number of halogens is 1. The van der Waals surface area contributed by atoms with E-state index in [0.29, 0.717) is 28.5 Å². The summed E-state index contributed by atoms with van der Waals surface area (Å²) in [5.41, 5.74) is 4.60. The summed E-state index contributed by atoms with van der Waals surface area (Å²) in [5.74, 6) is 0.439. The number of carbonyl (C=O) groups excluding carboxylic acids is 2. The minimum Gasteiger partial charge on any atom is -0.343 e. The van der Waals surface area contributed by atoms with E-state index in [4.69, 9.17) is 11.6 Å². The normalized spacial score (nSPS) is 18.9. The molecule has 1 aliphatic heterocycles. The van der Waals surface area contributed by atoms with Crippen LogP contribution in [-0.2, 0) is 4.79 Å². The smallest absolute Gasteiger partial charge is 0.261 e. The van der Waals surface area contributed by atoms with E-state index in [-0.39, 0.29) is 23.1 Å². The van der Waals surface area contributed by atoms with Crippen molar-refractivity contribution in [2.45, 2.75) is 39.7 Å². The summed E-state index contributed by atoms with van der Waals surface area (Å²) in [4.78, 5) is 26.5. The van der Waals surface area contributed by atoms with Gasteiger partial charge in [0.1, 0.15) is 17.4 Å². The number of allylic oxidation sites excluding steroid dienone is 2. The number of rotatable bonds is 3. The van der Waals surface area contributed by atoms with Gasteiger partial charge in [-0.25, -0.2) is 4.68 Å². The van der Waals surface area contributed by atoms with E-state index in [1.165, 1.54) is 0 Å². The molecule has 2 heterocycles.